The van der Waals surface area contributed by atoms with Crippen LogP contribution in [0.4, 0.5) is 0 Å². The van der Waals surface area contributed by atoms with Crippen LogP contribution in [-0.2, 0) is 0 Å². The maximum absolute atomic E-state index is 3.50. The molecule has 0 saturated carbocycles. The third kappa shape index (κ3) is 3.72. The fourth-order valence-electron chi connectivity index (χ4n) is 2.72. The summed E-state index contributed by atoms with van der Waals surface area (Å²) in [6, 6.07) is 1.32. The summed E-state index contributed by atoms with van der Waals surface area (Å²) < 4.78 is 0. The van der Waals surface area contributed by atoms with Crippen molar-refractivity contribution in [3.63, 3.8) is 0 Å². The van der Waals surface area contributed by atoms with E-state index in [-0.39, 0.29) is 0 Å². The van der Waals surface area contributed by atoms with Gasteiger partial charge in [0.1, 0.15) is 0 Å². The Hall–Kier alpha value is -0.120. The first-order valence-electron chi connectivity index (χ1n) is 6.39. The van der Waals surface area contributed by atoms with E-state index in [2.05, 4.69) is 57.0 Å². The van der Waals surface area contributed by atoms with Crippen molar-refractivity contribution in [2.45, 2.75) is 39.3 Å². The molecule has 1 aliphatic rings. The first-order valence-corrected chi connectivity index (χ1v) is 6.39. The van der Waals surface area contributed by atoms with E-state index < -0.39 is 0 Å². The lowest BCUT2D eigenvalue weighted by molar-refractivity contribution is 0.0908. The molecule has 0 spiro atoms. The first kappa shape index (κ1) is 13.9. The van der Waals surface area contributed by atoms with Gasteiger partial charge in [-0.1, -0.05) is 20.8 Å². The van der Waals surface area contributed by atoms with Gasteiger partial charge in [-0.15, -0.1) is 0 Å². The Bertz CT molecular complexity index is 208. The van der Waals surface area contributed by atoms with E-state index in [1.807, 2.05) is 0 Å². The molecule has 1 saturated heterocycles. The van der Waals surface area contributed by atoms with Crippen molar-refractivity contribution < 1.29 is 0 Å². The van der Waals surface area contributed by atoms with Gasteiger partial charge in [-0.25, -0.2) is 0 Å². The standard InChI is InChI=1S/C13H29N3/c1-13(2,3)12(15(4)5)9-11-10-14-7-8-16(11)6/h11-12,14H,7-10H2,1-6H3. The van der Waals surface area contributed by atoms with E-state index in [0.717, 1.165) is 13.1 Å². The normalized spacial score (nSPS) is 26.1. The predicted molar refractivity (Wildman–Crippen MR) is 70.8 cm³/mol. The molecule has 0 bridgehead atoms. The van der Waals surface area contributed by atoms with Gasteiger partial charge in [-0.3, -0.25) is 0 Å². The molecule has 0 amide bonds. The average molecular weight is 227 g/mol. The van der Waals surface area contributed by atoms with Crippen molar-refractivity contribution >= 4 is 0 Å². The van der Waals surface area contributed by atoms with E-state index in [0.29, 0.717) is 17.5 Å². The zero-order valence-electron chi connectivity index (χ0n) is 11.9. The number of hydrogen-bond donors (Lipinski definition) is 1. The summed E-state index contributed by atoms with van der Waals surface area (Å²) in [6.07, 6.45) is 1.25. The van der Waals surface area contributed by atoms with E-state index in [1.54, 1.807) is 0 Å². The van der Waals surface area contributed by atoms with Crippen molar-refractivity contribution in [3.05, 3.63) is 0 Å². The summed E-state index contributed by atoms with van der Waals surface area (Å²) in [7, 11) is 6.65. The number of hydrogen-bond acceptors (Lipinski definition) is 3. The minimum absolute atomic E-state index is 0.349. The molecule has 3 nitrogen and oxygen atoms in total. The van der Waals surface area contributed by atoms with Crippen LogP contribution in [0.3, 0.4) is 0 Å². The molecule has 1 fully saturated rings. The largest absolute Gasteiger partial charge is 0.314 e. The monoisotopic (exact) mass is 227 g/mol. The summed E-state index contributed by atoms with van der Waals surface area (Å²) >= 11 is 0. The molecule has 0 aromatic rings. The maximum Gasteiger partial charge on any atom is 0.0233 e. The lowest BCUT2D eigenvalue weighted by Crippen LogP contribution is -2.53. The van der Waals surface area contributed by atoms with Gasteiger partial charge in [-0.2, -0.15) is 0 Å². The minimum Gasteiger partial charge on any atom is -0.314 e. The second kappa shape index (κ2) is 5.48. The molecule has 0 aliphatic carbocycles. The fourth-order valence-corrected chi connectivity index (χ4v) is 2.72. The number of nitrogens with zero attached hydrogens (tertiary/aromatic N) is 2. The lowest BCUT2D eigenvalue weighted by atomic mass is 9.82. The molecule has 2 unspecified atom stereocenters. The van der Waals surface area contributed by atoms with Gasteiger partial charge in [0.05, 0.1) is 0 Å². The molecule has 1 aliphatic heterocycles. The molecule has 0 aromatic heterocycles. The molecule has 0 aromatic carbocycles. The minimum atomic E-state index is 0.349. The number of nitrogens with one attached hydrogen (secondary N) is 1. The topological polar surface area (TPSA) is 18.5 Å². The molecule has 2 atom stereocenters. The molecule has 1 heterocycles. The molecule has 3 heteroatoms. The maximum atomic E-state index is 3.50. The van der Waals surface area contributed by atoms with Gasteiger partial charge in [-0.05, 0) is 33.0 Å². The number of rotatable bonds is 3. The Morgan fingerprint density at radius 3 is 2.44 bits per heavy atom. The lowest BCUT2D eigenvalue weighted by Gasteiger charge is -2.42. The Balaban J connectivity index is 2.60. The van der Waals surface area contributed by atoms with Crippen molar-refractivity contribution in [1.29, 1.82) is 0 Å². The van der Waals surface area contributed by atoms with Crippen LogP contribution in [0, 0.1) is 5.41 Å². The van der Waals surface area contributed by atoms with Gasteiger partial charge in [0.2, 0.25) is 0 Å². The van der Waals surface area contributed by atoms with Crippen LogP contribution in [0.2, 0.25) is 0 Å². The Morgan fingerprint density at radius 2 is 2.00 bits per heavy atom. The molecule has 0 radical (unpaired) electrons. The summed E-state index contributed by atoms with van der Waals surface area (Å²) in [4.78, 5) is 4.88. The van der Waals surface area contributed by atoms with Crippen molar-refractivity contribution in [2.75, 3.05) is 40.8 Å². The Labute approximate surface area is 101 Å². The van der Waals surface area contributed by atoms with Gasteiger partial charge in [0.25, 0.3) is 0 Å². The van der Waals surface area contributed by atoms with Crippen molar-refractivity contribution in [3.8, 4) is 0 Å². The zero-order chi connectivity index (χ0) is 12.3. The molecule has 16 heavy (non-hydrogen) atoms. The van der Waals surface area contributed by atoms with Crippen LogP contribution in [-0.4, -0.2) is 62.7 Å². The molecular formula is C13H29N3. The average Bonchev–Trinajstić information content (AvgIpc) is 2.14. The first-order chi connectivity index (χ1) is 7.32. The molecule has 96 valence electrons. The van der Waals surface area contributed by atoms with E-state index in [9.17, 15) is 0 Å². The van der Waals surface area contributed by atoms with Gasteiger partial charge < -0.3 is 15.1 Å². The highest BCUT2D eigenvalue weighted by Gasteiger charge is 2.31. The van der Waals surface area contributed by atoms with Crippen LogP contribution in [0.15, 0.2) is 0 Å². The van der Waals surface area contributed by atoms with Gasteiger partial charge in [0.15, 0.2) is 0 Å². The highest BCUT2D eigenvalue weighted by molar-refractivity contribution is 4.88. The summed E-state index contributed by atoms with van der Waals surface area (Å²) in [5.74, 6) is 0. The van der Waals surface area contributed by atoms with E-state index in [1.165, 1.54) is 13.0 Å². The van der Waals surface area contributed by atoms with Crippen LogP contribution in [0.5, 0.6) is 0 Å². The van der Waals surface area contributed by atoms with Crippen LogP contribution in [0.1, 0.15) is 27.2 Å². The van der Waals surface area contributed by atoms with Gasteiger partial charge in [0, 0.05) is 31.7 Å². The quantitative estimate of drug-likeness (QED) is 0.783. The third-order valence-electron chi connectivity index (χ3n) is 3.76. The molecular weight excluding hydrogens is 198 g/mol. The highest BCUT2D eigenvalue weighted by atomic mass is 15.2. The second-order valence-electron chi connectivity index (χ2n) is 6.42. The highest BCUT2D eigenvalue weighted by Crippen LogP contribution is 2.27. The second-order valence-corrected chi connectivity index (χ2v) is 6.42. The fraction of sp³-hybridized carbons (Fsp3) is 1.00. The summed E-state index contributed by atoms with van der Waals surface area (Å²) in [5, 5.41) is 3.50. The predicted octanol–water partition coefficient (Wildman–Crippen LogP) is 1.26. The summed E-state index contributed by atoms with van der Waals surface area (Å²) in [6.45, 7) is 10.5. The van der Waals surface area contributed by atoms with Crippen molar-refractivity contribution in [1.82, 2.24) is 15.1 Å². The zero-order valence-corrected chi connectivity index (χ0v) is 11.9. The molecule has 1 N–H and O–H groups in total. The van der Waals surface area contributed by atoms with Crippen LogP contribution >= 0.6 is 0 Å². The van der Waals surface area contributed by atoms with E-state index >= 15 is 0 Å². The Morgan fingerprint density at radius 1 is 1.38 bits per heavy atom. The Kier molecular flexibility index (Phi) is 4.77. The molecule has 1 rings (SSSR count). The number of piperazine rings is 1. The smallest absolute Gasteiger partial charge is 0.0233 e. The third-order valence-corrected chi connectivity index (χ3v) is 3.76. The van der Waals surface area contributed by atoms with Crippen LogP contribution in [0.25, 0.3) is 0 Å². The SMILES string of the molecule is CN(C)C(CC1CNCCN1C)C(C)(C)C. The number of likely N-dealkylation sites (N-methyl/N-ethyl adjacent to an activating group) is 1. The van der Waals surface area contributed by atoms with Gasteiger partial charge >= 0.3 is 0 Å². The summed E-state index contributed by atoms with van der Waals surface area (Å²) in [5.41, 5.74) is 0.349. The van der Waals surface area contributed by atoms with Crippen molar-refractivity contribution in [2.24, 2.45) is 5.41 Å². The van der Waals surface area contributed by atoms with E-state index in [4.69, 9.17) is 0 Å². The van der Waals surface area contributed by atoms with Crippen LogP contribution < -0.4 is 5.32 Å².